The lowest BCUT2D eigenvalue weighted by Crippen LogP contribution is -2.35. The van der Waals surface area contributed by atoms with Crippen molar-refractivity contribution >= 4 is 17.7 Å². The average molecular weight is 437 g/mol. The molecule has 3 rings (SSSR count). The number of rotatable bonds is 8. The first-order valence-electron chi connectivity index (χ1n) is 10.1. The van der Waals surface area contributed by atoms with E-state index in [4.69, 9.17) is 4.74 Å². The number of H-pyrrole nitrogens is 1. The average Bonchev–Trinajstić information content (AvgIpc) is 3.08. The van der Waals surface area contributed by atoms with E-state index in [2.05, 4.69) is 9.97 Å². The predicted molar refractivity (Wildman–Crippen MR) is 116 cm³/mol. The maximum Gasteiger partial charge on any atom is 0.355 e. The molecule has 32 heavy (non-hydrogen) atoms. The van der Waals surface area contributed by atoms with Crippen LogP contribution in [0.1, 0.15) is 54.9 Å². The minimum absolute atomic E-state index is 0.142. The number of carbonyl (C=O) groups is 3. The van der Waals surface area contributed by atoms with E-state index in [0.29, 0.717) is 16.8 Å². The van der Waals surface area contributed by atoms with Gasteiger partial charge in [0.15, 0.2) is 5.78 Å². The number of aromatic nitrogens is 2. The predicted octanol–water partition coefficient (Wildman–Crippen LogP) is 3.87. The van der Waals surface area contributed by atoms with Crippen LogP contribution >= 0.6 is 0 Å². The molecule has 1 amide bonds. The number of esters is 1. The van der Waals surface area contributed by atoms with Gasteiger partial charge in [-0.05, 0) is 62.2 Å². The fourth-order valence-electron chi connectivity index (χ4n) is 3.51. The third kappa shape index (κ3) is 5.08. The van der Waals surface area contributed by atoms with Crippen LogP contribution in [0.5, 0.6) is 0 Å². The highest BCUT2D eigenvalue weighted by Crippen LogP contribution is 2.21. The van der Waals surface area contributed by atoms with Gasteiger partial charge in [-0.25, -0.2) is 9.18 Å². The molecule has 0 saturated carbocycles. The number of amides is 1. The highest BCUT2D eigenvalue weighted by molar-refractivity contribution is 6.05. The first kappa shape index (κ1) is 22.9. The van der Waals surface area contributed by atoms with E-state index in [-0.39, 0.29) is 36.7 Å². The van der Waals surface area contributed by atoms with Gasteiger partial charge < -0.3 is 14.6 Å². The van der Waals surface area contributed by atoms with Gasteiger partial charge in [-0.1, -0.05) is 6.07 Å². The van der Waals surface area contributed by atoms with Crippen molar-refractivity contribution < 1.29 is 23.5 Å². The molecule has 0 aliphatic rings. The zero-order chi connectivity index (χ0) is 23.3. The second-order valence-corrected chi connectivity index (χ2v) is 7.30. The van der Waals surface area contributed by atoms with Crippen LogP contribution in [0.15, 0.2) is 48.8 Å². The number of carbonyl (C=O) groups excluding carboxylic acids is 3. The van der Waals surface area contributed by atoms with Gasteiger partial charge in [0.25, 0.3) is 5.91 Å². The van der Waals surface area contributed by atoms with Crippen molar-refractivity contribution in [3.63, 3.8) is 0 Å². The summed E-state index contributed by atoms with van der Waals surface area (Å²) in [6.45, 7) is 5.18. The van der Waals surface area contributed by atoms with Gasteiger partial charge in [-0.3, -0.25) is 14.6 Å². The molecule has 2 heterocycles. The molecule has 166 valence electrons. The summed E-state index contributed by atoms with van der Waals surface area (Å²) in [4.78, 5) is 46.9. The summed E-state index contributed by atoms with van der Waals surface area (Å²) in [5.41, 5.74) is 2.56. The molecule has 1 N–H and O–H groups in total. The molecule has 8 heteroatoms. The first-order chi connectivity index (χ1) is 15.3. The molecule has 0 unspecified atom stereocenters. The molecular weight excluding hydrogens is 413 g/mol. The fourth-order valence-corrected chi connectivity index (χ4v) is 3.51. The third-order valence-electron chi connectivity index (χ3n) is 5.00. The van der Waals surface area contributed by atoms with Gasteiger partial charge >= 0.3 is 5.97 Å². The minimum Gasteiger partial charge on any atom is -0.461 e. The largest absolute Gasteiger partial charge is 0.461 e. The molecule has 0 atom stereocenters. The number of aryl methyl sites for hydroxylation is 1. The second-order valence-electron chi connectivity index (χ2n) is 7.30. The summed E-state index contributed by atoms with van der Waals surface area (Å²) in [7, 11) is 0. The number of aromatic amines is 1. The van der Waals surface area contributed by atoms with Crippen LogP contribution in [0.25, 0.3) is 0 Å². The number of benzene rings is 1. The Labute approximate surface area is 185 Å². The maximum absolute atomic E-state index is 13.3. The number of ketones is 1. The van der Waals surface area contributed by atoms with E-state index in [1.807, 2.05) is 0 Å². The lowest BCUT2D eigenvalue weighted by atomic mass is 10.0. The number of halogens is 1. The van der Waals surface area contributed by atoms with Crippen LogP contribution in [0.2, 0.25) is 0 Å². The number of pyridine rings is 1. The number of nitrogens with one attached hydrogen (secondary N) is 1. The standard InChI is InChI=1S/C24H24FN3O4/c1-4-32-24(31)22-15(2)21(16(3)27-22)20(29)14-28(13-17-6-5-11-26-12-17)23(30)18-7-9-19(25)10-8-18/h5-12,27H,4,13-14H2,1-3H3. The van der Waals surface area contributed by atoms with Gasteiger partial charge in [0.1, 0.15) is 11.5 Å². The van der Waals surface area contributed by atoms with E-state index >= 15 is 0 Å². The van der Waals surface area contributed by atoms with Gasteiger partial charge in [0.05, 0.1) is 13.2 Å². The van der Waals surface area contributed by atoms with E-state index in [1.165, 1.54) is 29.2 Å². The Morgan fingerprint density at radius 2 is 1.84 bits per heavy atom. The molecule has 0 aliphatic heterocycles. The molecule has 3 aromatic rings. The van der Waals surface area contributed by atoms with E-state index in [0.717, 1.165) is 5.56 Å². The monoisotopic (exact) mass is 437 g/mol. The van der Waals surface area contributed by atoms with Crippen molar-refractivity contribution in [3.05, 3.63) is 88.3 Å². The topological polar surface area (TPSA) is 92.4 Å². The molecular formula is C24H24FN3O4. The first-order valence-corrected chi connectivity index (χ1v) is 10.1. The smallest absolute Gasteiger partial charge is 0.355 e. The summed E-state index contributed by atoms with van der Waals surface area (Å²) in [5.74, 6) is -1.74. The molecule has 0 aliphatic carbocycles. The Morgan fingerprint density at radius 3 is 2.47 bits per heavy atom. The molecule has 1 aromatic carbocycles. The van der Waals surface area contributed by atoms with Gasteiger partial charge in [-0.2, -0.15) is 0 Å². The minimum atomic E-state index is -0.540. The quantitative estimate of drug-likeness (QED) is 0.427. The zero-order valence-electron chi connectivity index (χ0n) is 18.1. The molecule has 0 saturated heterocycles. The Bertz CT molecular complexity index is 1120. The molecule has 0 fully saturated rings. The normalized spacial score (nSPS) is 10.6. The lowest BCUT2D eigenvalue weighted by Gasteiger charge is -2.22. The number of Topliss-reactive ketones (excluding diaryl/α,β-unsaturated/α-hetero) is 1. The van der Waals surface area contributed by atoms with Crippen molar-refractivity contribution in [3.8, 4) is 0 Å². The maximum atomic E-state index is 13.3. The van der Waals surface area contributed by atoms with E-state index in [1.54, 1.807) is 45.3 Å². The summed E-state index contributed by atoms with van der Waals surface area (Å²) < 4.78 is 18.4. The van der Waals surface area contributed by atoms with Crippen LogP contribution in [0.4, 0.5) is 4.39 Å². The van der Waals surface area contributed by atoms with Crippen molar-refractivity contribution in [2.45, 2.75) is 27.3 Å². The lowest BCUT2D eigenvalue weighted by molar-refractivity contribution is 0.0519. The van der Waals surface area contributed by atoms with Crippen molar-refractivity contribution in [2.24, 2.45) is 0 Å². The van der Waals surface area contributed by atoms with Crippen molar-refractivity contribution in [1.82, 2.24) is 14.9 Å². The van der Waals surface area contributed by atoms with Crippen LogP contribution in [0, 0.1) is 19.7 Å². The molecule has 0 radical (unpaired) electrons. The Hall–Kier alpha value is -3.81. The molecule has 0 bridgehead atoms. The number of hydrogen-bond donors (Lipinski definition) is 1. The van der Waals surface area contributed by atoms with E-state index in [9.17, 15) is 18.8 Å². The Morgan fingerprint density at radius 1 is 1.12 bits per heavy atom. The highest BCUT2D eigenvalue weighted by Gasteiger charge is 2.26. The highest BCUT2D eigenvalue weighted by atomic mass is 19.1. The molecule has 0 spiro atoms. The molecule has 7 nitrogen and oxygen atoms in total. The van der Waals surface area contributed by atoms with Crippen LogP contribution < -0.4 is 0 Å². The third-order valence-corrected chi connectivity index (χ3v) is 5.00. The fraction of sp³-hybridized carbons (Fsp3) is 0.250. The van der Waals surface area contributed by atoms with Crippen LogP contribution in [-0.4, -0.2) is 45.7 Å². The van der Waals surface area contributed by atoms with Crippen LogP contribution in [0.3, 0.4) is 0 Å². The summed E-state index contributed by atoms with van der Waals surface area (Å²) >= 11 is 0. The number of nitrogens with zero attached hydrogens (tertiary/aromatic N) is 2. The summed E-state index contributed by atoms with van der Waals surface area (Å²) in [5, 5.41) is 0. The van der Waals surface area contributed by atoms with Gasteiger partial charge in [-0.15, -0.1) is 0 Å². The van der Waals surface area contributed by atoms with E-state index < -0.39 is 17.7 Å². The molecule has 2 aromatic heterocycles. The second kappa shape index (κ2) is 10.00. The van der Waals surface area contributed by atoms with Crippen LogP contribution in [-0.2, 0) is 11.3 Å². The van der Waals surface area contributed by atoms with Gasteiger partial charge in [0, 0.05) is 35.8 Å². The summed E-state index contributed by atoms with van der Waals surface area (Å²) in [6.07, 6.45) is 3.23. The van der Waals surface area contributed by atoms with Gasteiger partial charge in [0.2, 0.25) is 0 Å². The van der Waals surface area contributed by atoms with Crippen molar-refractivity contribution in [2.75, 3.05) is 13.2 Å². The number of hydrogen-bond acceptors (Lipinski definition) is 5. The Kier molecular flexibility index (Phi) is 7.14. The zero-order valence-corrected chi connectivity index (χ0v) is 18.1. The Balaban J connectivity index is 1.90. The summed E-state index contributed by atoms with van der Waals surface area (Å²) in [6, 6.07) is 8.69. The number of ether oxygens (including phenoxy) is 1. The van der Waals surface area contributed by atoms with Crippen molar-refractivity contribution in [1.29, 1.82) is 0 Å². The SMILES string of the molecule is CCOC(=O)c1[nH]c(C)c(C(=O)CN(Cc2cccnc2)C(=O)c2ccc(F)cc2)c1C.